The van der Waals surface area contributed by atoms with Crippen molar-refractivity contribution in [3.05, 3.63) is 149 Å². The Balaban J connectivity index is -0.000000165. The summed E-state index contributed by atoms with van der Waals surface area (Å²) < 4.78 is 121. The molecule has 5 aromatic carbocycles. The zero-order valence-electron chi connectivity index (χ0n) is 24.0. The summed E-state index contributed by atoms with van der Waals surface area (Å²) in [5, 5.41) is 0. The molecule has 0 saturated carbocycles. The molecule has 50 heavy (non-hydrogen) atoms. The average Bonchev–Trinajstić information content (AvgIpc) is 2.97. The average molecular weight is 826 g/mol. The van der Waals surface area contributed by atoms with E-state index in [1.54, 1.807) is 0 Å². The first-order valence-corrected chi connectivity index (χ1v) is 13.6. The van der Waals surface area contributed by atoms with E-state index in [-0.39, 0.29) is 23.5 Å². The van der Waals surface area contributed by atoms with Gasteiger partial charge in [0, 0.05) is 24.5 Å². The molecule has 0 aliphatic rings. The molecule has 0 aliphatic carbocycles. The van der Waals surface area contributed by atoms with Gasteiger partial charge in [-0.25, -0.2) is 43.9 Å². The van der Waals surface area contributed by atoms with Crippen molar-refractivity contribution in [2.75, 3.05) is 0 Å². The maximum absolute atomic E-state index is 12.1. The summed E-state index contributed by atoms with van der Waals surface area (Å²) in [6, 6.07) is 16.6. The molecule has 5 radical (unpaired) electrons. The van der Waals surface area contributed by atoms with Gasteiger partial charge in [-0.05, 0) is 91.0 Å². The Kier molecular flexibility index (Phi) is 31.0. The second-order valence-electron chi connectivity index (χ2n) is 7.88. The Labute approximate surface area is 303 Å². The van der Waals surface area contributed by atoms with Crippen LogP contribution in [-0.4, -0.2) is 0 Å². The minimum atomic E-state index is -0.887. The van der Waals surface area contributed by atoms with Gasteiger partial charge in [0.2, 0.25) is 0 Å². The fourth-order valence-corrected chi connectivity index (χ4v) is 3.24. The summed E-state index contributed by atoms with van der Waals surface area (Å²) in [5.74, 6) is -8.72. The number of benzene rings is 5. The van der Waals surface area contributed by atoms with Crippen LogP contribution in [0.5, 0.6) is 0 Å². The number of hydrogen-bond donors (Lipinski definition) is 0. The summed E-state index contributed by atoms with van der Waals surface area (Å²) in [6.45, 7) is 0. The van der Waals surface area contributed by atoms with Crippen LogP contribution < -0.4 is 0 Å². The van der Waals surface area contributed by atoms with E-state index in [0.717, 1.165) is 60.7 Å². The van der Waals surface area contributed by atoms with Crippen LogP contribution in [-0.2, 0) is 0 Å². The van der Waals surface area contributed by atoms with Gasteiger partial charge in [0.15, 0.2) is 58.2 Å². The first kappa shape index (κ1) is 55.6. The molecule has 0 aromatic heterocycles. The Bertz CT molecular complexity index is 1410. The molecule has 0 spiro atoms. The van der Waals surface area contributed by atoms with E-state index in [4.69, 9.17) is 0 Å². The molecule has 0 heterocycles. The fraction of sp³-hybridized carbons (Fsp3) is 0. The summed E-state index contributed by atoms with van der Waals surface area (Å²) in [7, 11) is 0. The van der Waals surface area contributed by atoms with Crippen molar-refractivity contribution in [3.8, 4) is 0 Å². The number of rotatable bonds is 0. The molecule has 0 amide bonds. The minimum absolute atomic E-state index is 0. The van der Waals surface area contributed by atoms with Crippen LogP contribution in [0.3, 0.4) is 0 Å². The van der Waals surface area contributed by atoms with Crippen molar-refractivity contribution in [2.45, 2.75) is 24.5 Å². The van der Waals surface area contributed by atoms with Crippen molar-refractivity contribution in [2.24, 2.45) is 0 Å². The summed E-state index contributed by atoms with van der Waals surface area (Å²) in [4.78, 5) is 1.57. The molecule has 5 aromatic rings. The van der Waals surface area contributed by atoms with E-state index in [1.807, 2.05) is 0 Å². The highest BCUT2D eigenvalue weighted by molar-refractivity contribution is 7.81. The van der Waals surface area contributed by atoms with Crippen LogP contribution in [0.15, 0.2) is 115 Å². The SMILES string of the molecule is F.F.F.F.F.Fc1ccc([S])cc1F.Fc1ccc([S])cc1F.Fc1ccc([S])cc1F.Fc1ccc([S])cc1F.Fc1ccc([S])cc1F. The van der Waals surface area contributed by atoms with Gasteiger partial charge in [0.1, 0.15) is 0 Å². The van der Waals surface area contributed by atoms with E-state index < -0.39 is 58.2 Å². The molecule has 0 nitrogen and oxygen atoms in total. The van der Waals surface area contributed by atoms with Gasteiger partial charge >= 0.3 is 0 Å². The van der Waals surface area contributed by atoms with E-state index in [2.05, 4.69) is 63.1 Å². The topological polar surface area (TPSA) is 0 Å². The molecule has 0 saturated heterocycles. The highest BCUT2D eigenvalue weighted by Gasteiger charge is 2.01. The van der Waals surface area contributed by atoms with Gasteiger partial charge in [-0.1, -0.05) is 63.1 Å². The third-order valence-corrected chi connectivity index (χ3v) is 5.72. The maximum atomic E-state index is 12.1. The molecule has 0 unspecified atom stereocenters. The Hall–Kier alpha value is -3.85. The predicted molar refractivity (Wildman–Crippen MR) is 174 cm³/mol. The van der Waals surface area contributed by atoms with Gasteiger partial charge in [-0.3, -0.25) is 23.5 Å². The van der Waals surface area contributed by atoms with Crippen molar-refractivity contribution in [1.82, 2.24) is 0 Å². The zero-order valence-corrected chi connectivity index (χ0v) is 28.1. The van der Waals surface area contributed by atoms with E-state index >= 15 is 0 Å². The Morgan fingerprint density at radius 1 is 0.220 bits per heavy atom. The monoisotopic (exact) mass is 825 g/mol. The lowest BCUT2D eigenvalue weighted by atomic mass is 10.3. The standard InChI is InChI=1S/5C6H3F2S.5FH/c5*7-5-2-1-4(9)3-6(5)8;;;;;/h5*1-3H;5*1H. The molecule has 0 fully saturated rings. The highest BCUT2D eigenvalue weighted by Crippen LogP contribution is 2.14. The third kappa shape index (κ3) is 22.0. The van der Waals surface area contributed by atoms with Crippen LogP contribution >= 0.6 is 63.1 Å². The molecule has 275 valence electrons. The first-order chi connectivity index (χ1) is 21.0. The number of hydrogen-bond acceptors (Lipinski definition) is 0. The second-order valence-corrected chi connectivity index (χ2v) is 10.2. The number of halogens is 15. The predicted octanol–water partition coefficient (Wildman–Crippen LogP) is 13.4. The molecule has 20 heteroatoms. The van der Waals surface area contributed by atoms with E-state index in [0.29, 0.717) is 24.5 Å². The summed E-state index contributed by atoms with van der Waals surface area (Å²) in [6.07, 6.45) is 0. The van der Waals surface area contributed by atoms with Crippen molar-refractivity contribution in [1.29, 1.82) is 0 Å². The summed E-state index contributed by atoms with van der Waals surface area (Å²) >= 11 is 22.8. The van der Waals surface area contributed by atoms with Gasteiger partial charge in [0.05, 0.1) is 0 Å². The zero-order chi connectivity index (χ0) is 34.3. The van der Waals surface area contributed by atoms with E-state index in [1.165, 1.54) is 30.3 Å². The summed E-state index contributed by atoms with van der Waals surface area (Å²) in [5.41, 5.74) is 0. The lowest BCUT2D eigenvalue weighted by molar-refractivity contribution is 0.506. The fourth-order valence-electron chi connectivity index (χ4n) is 2.38. The van der Waals surface area contributed by atoms with Gasteiger partial charge in [-0.15, -0.1) is 0 Å². The molecule has 0 aliphatic heterocycles. The molecule has 0 N–H and O–H groups in total. The molecule has 5 rings (SSSR count). The van der Waals surface area contributed by atoms with Gasteiger partial charge < -0.3 is 0 Å². The normalized spacial score (nSPS) is 8.60. The van der Waals surface area contributed by atoms with Gasteiger partial charge in [-0.2, -0.15) is 0 Å². The van der Waals surface area contributed by atoms with Crippen LogP contribution in [0.25, 0.3) is 0 Å². The quantitative estimate of drug-likeness (QED) is 0.136. The first-order valence-electron chi connectivity index (χ1n) is 11.6. The molecule has 0 atom stereocenters. The third-order valence-electron chi connectivity index (χ3n) is 4.46. The van der Waals surface area contributed by atoms with Crippen LogP contribution in [0.2, 0.25) is 0 Å². The van der Waals surface area contributed by atoms with Crippen LogP contribution in [0.1, 0.15) is 0 Å². The van der Waals surface area contributed by atoms with Crippen molar-refractivity contribution < 1.29 is 67.4 Å². The second kappa shape index (κ2) is 27.9. The molecule has 0 bridgehead atoms. The largest absolute Gasteiger partial charge is 0.269 e. The molecular weight excluding hydrogens is 806 g/mol. The van der Waals surface area contributed by atoms with Crippen LogP contribution in [0.4, 0.5) is 67.4 Å². The van der Waals surface area contributed by atoms with Gasteiger partial charge in [0.25, 0.3) is 0 Å². The van der Waals surface area contributed by atoms with Crippen molar-refractivity contribution >= 4 is 63.1 Å². The Morgan fingerprint density at radius 3 is 0.420 bits per heavy atom. The smallest absolute Gasteiger partial charge is 0.160 e. The lowest BCUT2D eigenvalue weighted by Gasteiger charge is -1.90. The minimum Gasteiger partial charge on any atom is -0.269 e. The highest BCUT2D eigenvalue weighted by atomic mass is 32.1. The molecular formula is C30H20F15S5. The lowest BCUT2D eigenvalue weighted by Crippen LogP contribution is -1.80. The Morgan fingerprint density at radius 2 is 0.340 bits per heavy atom. The van der Waals surface area contributed by atoms with Crippen LogP contribution in [0, 0.1) is 58.2 Å². The van der Waals surface area contributed by atoms with E-state index in [9.17, 15) is 43.9 Å². The maximum Gasteiger partial charge on any atom is 0.160 e. The van der Waals surface area contributed by atoms with Crippen molar-refractivity contribution in [3.63, 3.8) is 0 Å².